The van der Waals surface area contributed by atoms with E-state index >= 15 is 0 Å². The number of ether oxygens (including phenoxy) is 1. The second-order valence-corrected chi connectivity index (χ2v) is 8.90. The summed E-state index contributed by atoms with van der Waals surface area (Å²) in [7, 11) is 0. The number of fused-ring (bicyclic) bond motifs is 1. The molecule has 0 bridgehead atoms. The van der Waals surface area contributed by atoms with Crippen molar-refractivity contribution in [1.82, 2.24) is 9.55 Å². The van der Waals surface area contributed by atoms with Gasteiger partial charge in [0, 0.05) is 37.4 Å². The maximum atomic E-state index is 13.0. The van der Waals surface area contributed by atoms with E-state index in [2.05, 4.69) is 9.98 Å². The third kappa shape index (κ3) is 5.24. The number of aromatic amines is 1. The number of hydrogen-bond donors (Lipinski definition) is 2. The number of rotatable bonds is 5. The number of aryl methyl sites for hydroxylation is 1. The van der Waals surface area contributed by atoms with Gasteiger partial charge in [-0.3, -0.25) is 9.69 Å². The van der Waals surface area contributed by atoms with Gasteiger partial charge in [0.05, 0.1) is 16.6 Å². The minimum atomic E-state index is -4.58. The predicted octanol–water partition coefficient (Wildman–Crippen LogP) is 4.24. The molecule has 2 N–H and O–H groups in total. The number of amides is 2. The fraction of sp³-hybridized carbons (Fsp3) is 0.375. The zero-order chi connectivity index (χ0) is 25.4. The van der Waals surface area contributed by atoms with Crippen LogP contribution in [0.25, 0.3) is 11.0 Å². The molecule has 11 heteroatoms. The molecule has 2 heterocycles. The predicted molar refractivity (Wildman–Crippen MR) is 122 cm³/mol. The second-order valence-electron chi connectivity index (χ2n) is 8.90. The summed E-state index contributed by atoms with van der Waals surface area (Å²) >= 11 is 0. The Morgan fingerprint density at radius 3 is 2.69 bits per heavy atom. The van der Waals surface area contributed by atoms with Gasteiger partial charge in [-0.25, -0.2) is 4.79 Å². The van der Waals surface area contributed by atoms with E-state index in [1.54, 1.807) is 22.8 Å². The van der Waals surface area contributed by atoms with Crippen LogP contribution in [0, 0.1) is 0 Å². The molecule has 3 aromatic rings. The summed E-state index contributed by atoms with van der Waals surface area (Å²) in [4.78, 5) is 33.8. The maximum Gasteiger partial charge on any atom is 0.416 e. The molecule has 4 rings (SSSR count). The molecule has 2 amide bonds. The Labute approximate surface area is 198 Å². The fourth-order valence-electron chi connectivity index (χ4n) is 3.90. The molecule has 0 atom stereocenters. The zero-order valence-corrected chi connectivity index (χ0v) is 19.2. The highest BCUT2D eigenvalue weighted by Gasteiger charge is 2.34. The average molecular weight is 490 g/mol. The molecule has 0 unspecified atom stereocenters. The molecule has 1 saturated heterocycles. The van der Waals surface area contributed by atoms with Gasteiger partial charge in [-0.15, -0.1) is 0 Å². The Balaban J connectivity index is 1.75. The van der Waals surface area contributed by atoms with E-state index in [0.29, 0.717) is 36.1 Å². The molecular formula is C24H25F3N4O4. The molecule has 35 heavy (non-hydrogen) atoms. The molecule has 0 aliphatic carbocycles. The SMILES string of the molecule is CC1(C)CCN(c2ccc3[nH]/c(=N\C(=O)c4cccc(C(F)(F)F)c4)n(CCCO)c3c2)C(=O)O1. The number of nitrogens with one attached hydrogen (secondary N) is 1. The van der Waals surface area contributed by atoms with E-state index in [9.17, 15) is 27.9 Å². The number of benzene rings is 2. The van der Waals surface area contributed by atoms with Gasteiger partial charge in [0.2, 0.25) is 5.62 Å². The van der Waals surface area contributed by atoms with E-state index in [0.717, 1.165) is 18.2 Å². The highest BCUT2D eigenvalue weighted by Crippen LogP contribution is 2.30. The fourth-order valence-corrected chi connectivity index (χ4v) is 3.90. The van der Waals surface area contributed by atoms with Crippen LogP contribution in [-0.4, -0.2) is 45.4 Å². The summed E-state index contributed by atoms with van der Waals surface area (Å²) in [5, 5.41) is 9.34. The first kappa shape index (κ1) is 24.5. The molecule has 1 aliphatic heterocycles. The number of anilines is 1. The Bertz CT molecular complexity index is 1340. The van der Waals surface area contributed by atoms with E-state index in [1.807, 2.05) is 13.8 Å². The number of aliphatic hydroxyl groups excluding tert-OH is 1. The summed E-state index contributed by atoms with van der Waals surface area (Å²) in [5.41, 5.74) is 0.233. The number of H-pyrrole nitrogens is 1. The number of nitrogens with zero attached hydrogens (tertiary/aromatic N) is 3. The Kier molecular flexibility index (Phi) is 6.46. The first-order chi connectivity index (χ1) is 16.5. The Morgan fingerprint density at radius 1 is 1.23 bits per heavy atom. The third-order valence-electron chi connectivity index (χ3n) is 5.79. The lowest BCUT2D eigenvalue weighted by molar-refractivity contribution is -0.137. The Hall–Kier alpha value is -3.60. The standard InChI is InChI=1S/C24H25F3N4O4/c1-23(2)9-11-30(22(34)35-23)17-7-8-18-19(14-17)31(10-4-12-32)21(28-18)29-20(33)15-5-3-6-16(13-15)24(25,26)27/h3,5-8,13-14,32H,4,9-12H2,1-2H3,(H,28,29,33). The van der Waals surface area contributed by atoms with Crippen LogP contribution >= 0.6 is 0 Å². The number of halogens is 3. The summed E-state index contributed by atoms with van der Waals surface area (Å²) in [6, 6.07) is 9.26. The van der Waals surface area contributed by atoms with E-state index in [1.165, 1.54) is 11.0 Å². The van der Waals surface area contributed by atoms with E-state index in [-0.39, 0.29) is 24.3 Å². The number of cyclic esters (lactones) is 1. The van der Waals surface area contributed by atoms with Crippen molar-refractivity contribution in [3.05, 3.63) is 59.2 Å². The van der Waals surface area contributed by atoms with Crippen LogP contribution in [0.3, 0.4) is 0 Å². The highest BCUT2D eigenvalue weighted by molar-refractivity contribution is 5.95. The van der Waals surface area contributed by atoms with Crippen LogP contribution in [0.15, 0.2) is 47.5 Å². The molecule has 0 saturated carbocycles. The topological polar surface area (TPSA) is 99.9 Å². The third-order valence-corrected chi connectivity index (χ3v) is 5.79. The van der Waals surface area contributed by atoms with Crippen molar-refractivity contribution in [3.63, 3.8) is 0 Å². The molecule has 8 nitrogen and oxygen atoms in total. The number of aromatic nitrogens is 2. The van der Waals surface area contributed by atoms with Crippen LogP contribution in [-0.2, 0) is 17.5 Å². The van der Waals surface area contributed by atoms with Gasteiger partial charge < -0.3 is 19.4 Å². The van der Waals surface area contributed by atoms with Crippen molar-refractivity contribution in [3.8, 4) is 0 Å². The van der Waals surface area contributed by atoms with Gasteiger partial charge in [0.15, 0.2) is 0 Å². The van der Waals surface area contributed by atoms with Crippen molar-refractivity contribution in [1.29, 1.82) is 0 Å². The molecule has 0 radical (unpaired) electrons. The summed E-state index contributed by atoms with van der Waals surface area (Å²) in [6.45, 7) is 4.31. The number of hydrogen-bond acceptors (Lipinski definition) is 4. The second kappa shape index (κ2) is 9.21. The van der Waals surface area contributed by atoms with Gasteiger partial charge in [0.25, 0.3) is 5.91 Å². The van der Waals surface area contributed by atoms with Gasteiger partial charge in [0.1, 0.15) is 5.60 Å². The number of imidazole rings is 1. The number of carbonyl (C=O) groups is 2. The van der Waals surface area contributed by atoms with Crippen molar-refractivity contribution in [2.24, 2.45) is 4.99 Å². The molecule has 1 aromatic heterocycles. The zero-order valence-electron chi connectivity index (χ0n) is 19.2. The average Bonchev–Trinajstić information content (AvgIpc) is 3.12. The smallest absolute Gasteiger partial charge is 0.416 e. The Morgan fingerprint density at radius 2 is 2.00 bits per heavy atom. The molecule has 1 aliphatic rings. The van der Waals surface area contributed by atoms with Crippen LogP contribution in [0.4, 0.5) is 23.7 Å². The number of aliphatic hydroxyl groups is 1. The molecule has 0 spiro atoms. The van der Waals surface area contributed by atoms with Crippen molar-refractivity contribution < 1.29 is 32.6 Å². The molecule has 1 fully saturated rings. The van der Waals surface area contributed by atoms with Crippen molar-refractivity contribution in [2.75, 3.05) is 18.1 Å². The van der Waals surface area contributed by atoms with Crippen molar-refractivity contribution >= 4 is 28.7 Å². The van der Waals surface area contributed by atoms with Gasteiger partial charge in [-0.05, 0) is 56.7 Å². The number of alkyl halides is 3. The lowest BCUT2D eigenvalue weighted by Crippen LogP contribution is -2.46. The van der Waals surface area contributed by atoms with Gasteiger partial charge in [-0.2, -0.15) is 18.2 Å². The quantitative estimate of drug-likeness (QED) is 0.559. The van der Waals surface area contributed by atoms with Crippen LogP contribution in [0.1, 0.15) is 42.6 Å². The maximum absolute atomic E-state index is 13.0. The summed E-state index contributed by atoms with van der Waals surface area (Å²) < 4.78 is 46.3. The van der Waals surface area contributed by atoms with Gasteiger partial charge >= 0.3 is 12.3 Å². The minimum absolute atomic E-state index is 0.117. The monoisotopic (exact) mass is 490 g/mol. The van der Waals surface area contributed by atoms with Crippen LogP contribution in [0.2, 0.25) is 0 Å². The molecule has 186 valence electrons. The largest absolute Gasteiger partial charge is 0.443 e. The molecular weight excluding hydrogens is 465 g/mol. The van der Waals surface area contributed by atoms with Crippen LogP contribution < -0.4 is 10.5 Å². The first-order valence-corrected chi connectivity index (χ1v) is 11.1. The van der Waals surface area contributed by atoms with Crippen LogP contribution in [0.5, 0.6) is 0 Å². The van der Waals surface area contributed by atoms with E-state index in [4.69, 9.17) is 4.74 Å². The minimum Gasteiger partial charge on any atom is -0.443 e. The van der Waals surface area contributed by atoms with E-state index < -0.39 is 29.3 Å². The summed E-state index contributed by atoms with van der Waals surface area (Å²) in [6.07, 6.45) is -4.06. The van der Waals surface area contributed by atoms with Gasteiger partial charge in [-0.1, -0.05) is 6.07 Å². The lowest BCUT2D eigenvalue weighted by Gasteiger charge is -2.36. The first-order valence-electron chi connectivity index (χ1n) is 11.1. The van der Waals surface area contributed by atoms with Crippen molar-refractivity contribution in [2.45, 2.75) is 45.0 Å². The lowest BCUT2D eigenvalue weighted by atomic mass is 10.0. The highest BCUT2D eigenvalue weighted by atomic mass is 19.4. The summed E-state index contributed by atoms with van der Waals surface area (Å²) in [5.74, 6) is -0.845. The molecule has 2 aromatic carbocycles. The normalized spacial score (nSPS) is 16.6. The number of carbonyl (C=O) groups excluding carboxylic acids is 2.